The summed E-state index contributed by atoms with van der Waals surface area (Å²) in [5.74, 6) is 0.231. The lowest BCUT2D eigenvalue weighted by atomic mass is 9.65. The Morgan fingerprint density at radius 2 is 1.68 bits per heavy atom. The second kappa shape index (κ2) is 6.93. The molecule has 4 nitrogen and oxygen atoms in total. The van der Waals surface area contributed by atoms with Crippen molar-refractivity contribution in [2.24, 2.45) is 11.3 Å². The van der Waals surface area contributed by atoms with Gasteiger partial charge in [-0.2, -0.15) is 0 Å². The molecule has 3 aliphatic rings. The molecular formula is C24H27NO3. The molecule has 0 bridgehead atoms. The number of alkyl carbamates (subject to hydrolysis) is 1. The molecule has 0 aromatic heterocycles. The summed E-state index contributed by atoms with van der Waals surface area (Å²) in [5, 5.41) is 13.5. The van der Waals surface area contributed by atoms with E-state index in [9.17, 15) is 9.90 Å². The highest BCUT2D eigenvalue weighted by Gasteiger charge is 2.50. The Kier molecular flexibility index (Phi) is 4.39. The van der Waals surface area contributed by atoms with Crippen LogP contribution in [0, 0.1) is 11.3 Å². The molecule has 2 unspecified atom stereocenters. The summed E-state index contributed by atoms with van der Waals surface area (Å²) >= 11 is 0. The van der Waals surface area contributed by atoms with E-state index >= 15 is 0 Å². The number of aliphatic hydroxyl groups is 1. The van der Waals surface area contributed by atoms with Crippen LogP contribution >= 0.6 is 0 Å². The zero-order valence-corrected chi connectivity index (χ0v) is 16.1. The highest BCUT2D eigenvalue weighted by atomic mass is 16.5. The molecule has 0 saturated heterocycles. The van der Waals surface area contributed by atoms with E-state index in [-0.39, 0.29) is 29.4 Å². The molecule has 2 N–H and O–H groups in total. The number of rotatable bonds is 4. The third-order valence-electron chi connectivity index (χ3n) is 7.29. The van der Waals surface area contributed by atoms with Gasteiger partial charge in [0.25, 0.3) is 0 Å². The number of benzene rings is 2. The lowest BCUT2D eigenvalue weighted by Gasteiger charge is -2.42. The van der Waals surface area contributed by atoms with Crippen molar-refractivity contribution < 1.29 is 14.6 Å². The molecule has 0 heterocycles. The van der Waals surface area contributed by atoms with E-state index in [1.54, 1.807) is 0 Å². The first-order valence-corrected chi connectivity index (χ1v) is 10.4. The Balaban J connectivity index is 1.19. The normalized spacial score (nSPS) is 24.5. The second-order valence-corrected chi connectivity index (χ2v) is 8.67. The average Bonchev–Trinajstić information content (AvgIpc) is 3.20. The molecule has 146 valence electrons. The topological polar surface area (TPSA) is 58.6 Å². The predicted molar refractivity (Wildman–Crippen MR) is 108 cm³/mol. The molecule has 2 atom stereocenters. The quantitative estimate of drug-likeness (QED) is 0.827. The fourth-order valence-electron chi connectivity index (χ4n) is 5.53. The van der Waals surface area contributed by atoms with Crippen LogP contribution in [0.3, 0.4) is 0 Å². The van der Waals surface area contributed by atoms with Gasteiger partial charge >= 0.3 is 6.09 Å². The number of hydrogen-bond donors (Lipinski definition) is 2. The summed E-state index contributed by atoms with van der Waals surface area (Å²) in [6, 6.07) is 16.7. The van der Waals surface area contributed by atoms with Gasteiger partial charge in [-0.25, -0.2) is 4.79 Å². The molecular weight excluding hydrogens is 350 g/mol. The molecule has 2 fully saturated rings. The molecule has 1 spiro atoms. The van der Waals surface area contributed by atoms with Crippen LogP contribution in [0.2, 0.25) is 0 Å². The lowest BCUT2D eigenvalue weighted by Crippen LogP contribution is -2.42. The lowest BCUT2D eigenvalue weighted by molar-refractivity contribution is -0.0280. The van der Waals surface area contributed by atoms with Crippen LogP contribution in [0.25, 0.3) is 11.1 Å². The van der Waals surface area contributed by atoms with Crippen molar-refractivity contribution >= 4 is 6.09 Å². The zero-order valence-electron chi connectivity index (χ0n) is 16.1. The molecule has 3 aliphatic carbocycles. The molecule has 2 aromatic carbocycles. The van der Waals surface area contributed by atoms with Crippen LogP contribution in [-0.2, 0) is 4.74 Å². The third-order valence-corrected chi connectivity index (χ3v) is 7.29. The molecule has 1 amide bonds. The molecule has 0 aliphatic heterocycles. The monoisotopic (exact) mass is 377 g/mol. The Hall–Kier alpha value is -2.33. The Labute approximate surface area is 165 Å². The van der Waals surface area contributed by atoms with Gasteiger partial charge in [0.1, 0.15) is 6.61 Å². The van der Waals surface area contributed by atoms with Gasteiger partial charge in [-0.15, -0.1) is 0 Å². The highest BCUT2D eigenvalue weighted by Crippen LogP contribution is 2.55. The van der Waals surface area contributed by atoms with Crippen molar-refractivity contribution in [3.05, 3.63) is 59.7 Å². The van der Waals surface area contributed by atoms with Crippen LogP contribution in [0.1, 0.15) is 49.1 Å². The van der Waals surface area contributed by atoms with Crippen molar-refractivity contribution in [3.63, 3.8) is 0 Å². The van der Waals surface area contributed by atoms with E-state index in [1.807, 2.05) is 24.3 Å². The van der Waals surface area contributed by atoms with Gasteiger partial charge in [-0.1, -0.05) is 55.0 Å². The summed E-state index contributed by atoms with van der Waals surface area (Å²) in [7, 11) is 0. The van der Waals surface area contributed by atoms with Crippen LogP contribution in [0.4, 0.5) is 4.79 Å². The number of aliphatic hydroxyl groups excluding tert-OH is 1. The number of ether oxygens (including phenoxy) is 1. The van der Waals surface area contributed by atoms with E-state index in [0.717, 1.165) is 25.7 Å². The Bertz CT molecular complexity index is 843. The van der Waals surface area contributed by atoms with Crippen molar-refractivity contribution in [1.29, 1.82) is 0 Å². The van der Waals surface area contributed by atoms with E-state index in [0.29, 0.717) is 13.2 Å². The number of hydrogen-bond acceptors (Lipinski definition) is 3. The summed E-state index contributed by atoms with van der Waals surface area (Å²) in [6.45, 7) is 0.830. The van der Waals surface area contributed by atoms with Crippen molar-refractivity contribution in [1.82, 2.24) is 5.32 Å². The molecule has 4 heteroatoms. The first-order valence-electron chi connectivity index (χ1n) is 10.4. The largest absolute Gasteiger partial charge is 0.449 e. The SMILES string of the molecule is O=C(NCC1CCC2(CCC2)C1O)OCC1c2ccccc2-c2ccccc21. The molecule has 0 radical (unpaired) electrons. The van der Waals surface area contributed by atoms with Crippen LogP contribution in [0.15, 0.2) is 48.5 Å². The van der Waals surface area contributed by atoms with Gasteiger partial charge in [0.15, 0.2) is 0 Å². The van der Waals surface area contributed by atoms with E-state index in [2.05, 4.69) is 29.6 Å². The Morgan fingerprint density at radius 1 is 1.04 bits per heavy atom. The number of amides is 1. The number of carbonyl (C=O) groups is 1. The maximum atomic E-state index is 12.3. The summed E-state index contributed by atoms with van der Waals surface area (Å²) in [6.07, 6.45) is 4.91. The summed E-state index contributed by atoms with van der Waals surface area (Å²) in [5.41, 5.74) is 5.04. The van der Waals surface area contributed by atoms with E-state index in [4.69, 9.17) is 4.74 Å². The van der Waals surface area contributed by atoms with Gasteiger partial charge in [0.2, 0.25) is 0 Å². The minimum Gasteiger partial charge on any atom is -0.449 e. The summed E-state index contributed by atoms with van der Waals surface area (Å²) in [4.78, 5) is 12.3. The van der Waals surface area contributed by atoms with Crippen molar-refractivity contribution in [3.8, 4) is 11.1 Å². The minimum absolute atomic E-state index is 0.0773. The van der Waals surface area contributed by atoms with Gasteiger partial charge in [0, 0.05) is 18.4 Å². The predicted octanol–water partition coefficient (Wildman–Crippen LogP) is 4.47. The van der Waals surface area contributed by atoms with E-state index < -0.39 is 0 Å². The molecule has 28 heavy (non-hydrogen) atoms. The maximum Gasteiger partial charge on any atom is 0.407 e. The standard InChI is InChI=1S/C24H27NO3/c26-22-16(10-13-24(22)11-5-12-24)14-25-23(27)28-15-21-19-8-3-1-6-17(19)18-7-2-4-9-20(18)21/h1-4,6-9,16,21-22,26H,5,10-15H2,(H,25,27). The van der Waals surface area contributed by atoms with E-state index in [1.165, 1.54) is 28.7 Å². The first kappa shape index (κ1) is 17.7. The smallest absolute Gasteiger partial charge is 0.407 e. The number of carbonyl (C=O) groups excluding carboxylic acids is 1. The van der Waals surface area contributed by atoms with Gasteiger partial charge in [-0.3, -0.25) is 0 Å². The zero-order chi connectivity index (χ0) is 19.1. The molecule has 2 saturated carbocycles. The first-order chi connectivity index (χ1) is 13.7. The van der Waals surface area contributed by atoms with Gasteiger partial charge < -0.3 is 15.2 Å². The van der Waals surface area contributed by atoms with Crippen LogP contribution < -0.4 is 5.32 Å². The number of nitrogens with one attached hydrogen (secondary N) is 1. The Morgan fingerprint density at radius 3 is 2.25 bits per heavy atom. The van der Waals surface area contributed by atoms with Crippen molar-refractivity contribution in [2.45, 2.75) is 44.1 Å². The second-order valence-electron chi connectivity index (χ2n) is 8.67. The third kappa shape index (κ3) is 2.82. The van der Waals surface area contributed by atoms with Crippen LogP contribution in [-0.4, -0.2) is 30.5 Å². The minimum atomic E-state index is -0.386. The maximum absolute atomic E-state index is 12.3. The van der Waals surface area contributed by atoms with Gasteiger partial charge in [-0.05, 0) is 53.4 Å². The summed E-state index contributed by atoms with van der Waals surface area (Å²) < 4.78 is 5.60. The van der Waals surface area contributed by atoms with Crippen molar-refractivity contribution in [2.75, 3.05) is 13.2 Å². The molecule has 5 rings (SSSR count). The fraction of sp³-hybridized carbons (Fsp3) is 0.458. The van der Waals surface area contributed by atoms with Crippen LogP contribution in [0.5, 0.6) is 0 Å². The average molecular weight is 377 g/mol. The number of fused-ring (bicyclic) bond motifs is 3. The highest BCUT2D eigenvalue weighted by molar-refractivity contribution is 5.79. The van der Waals surface area contributed by atoms with Gasteiger partial charge in [0.05, 0.1) is 6.10 Å². The fourth-order valence-corrected chi connectivity index (χ4v) is 5.53. The molecule has 2 aromatic rings.